The summed E-state index contributed by atoms with van der Waals surface area (Å²) >= 11 is 0. The van der Waals surface area contributed by atoms with Gasteiger partial charge in [-0.1, -0.05) is 10.4 Å². The van der Waals surface area contributed by atoms with E-state index in [1.165, 1.54) is 24.3 Å². The van der Waals surface area contributed by atoms with Gasteiger partial charge >= 0.3 is 0 Å². The third-order valence-electron chi connectivity index (χ3n) is 6.45. The van der Waals surface area contributed by atoms with Crippen LogP contribution in [0.4, 0.5) is 22.7 Å². The minimum absolute atomic E-state index is 0.0150. The molecule has 0 atom stereocenters. The number of hydrogen-bond acceptors (Lipinski definition) is 10. The number of non-ortho nitro benzene ring substituents is 2. The number of nitro groups is 2. The van der Waals surface area contributed by atoms with Crippen molar-refractivity contribution < 1.29 is 9.85 Å². The highest BCUT2D eigenvalue weighted by molar-refractivity contribution is 5.44. The largest absolute Gasteiger partial charge is 0.269 e. The summed E-state index contributed by atoms with van der Waals surface area (Å²) in [6.07, 6.45) is 0. The van der Waals surface area contributed by atoms with Gasteiger partial charge in [0.15, 0.2) is 0 Å². The summed E-state index contributed by atoms with van der Waals surface area (Å²) < 4.78 is 0. The second-order valence-corrected chi connectivity index (χ2v) is 10.4. The zero-order valence-corrected chi connectivity index (χ0v) is 21.3. The molecule has 2 aliphatic rings. The summed E-state index contributed by atoms with van der Waals surface area (Å²) in [7, 11) is 0. The van der Waals surface area contributed by atoms with Crippen LogP contribution < -0.4 is 0 Å². The van der Waals surface area contributed by atoms with Gasteiger partial charge in [0.1, 0.15) is 0 Å². The lowest BCUT2D eigenvalue weighted by Crippen LogP contribution is -2.46. The summed E-state index contributed by atoms with van der Waals surface area (Å²) in [6.45, 7) is 11.8. The molecule has 0 aliphatic carbocycles. The molecular formula is C23H30N10O4. The van der Waals surface area contributed by atoms with E-state index in [9.17, 15) is 20.2 Å². The lowest BCUT2D eigenvalue weighted by molar-refractivity contribution is -0.385. The van der Waals surface area contributed by atoms with Gasteiger partial charge in [0.25, 0.3) is 11.4 Å². The average molecular weight is 511 g/mol. The van der Waals surface area contributed by atoms with Gasteiger partial charge in [0.05, 0.1) is 53.3 Å². The Hall–Kier alpha value is -4.04. The average Bonchev–Trinajstić information content (AvgIpc) is 3.29. The van der Waals surface area contributed by atoms with E-state index in [0.717, 1.165) is 6.54 Å². The van der Waals surface area contributed by atoms with Gasteiger partial charge < -0.3 is 0 Å². The molecule has 2 aromatic rings. The van der Waals surface area contributed by atoms with Gasteiger partial charge in [0, 0.05) is 36.3 Å². The van der Waals surface area contributed by atoms with E-state index in [1.807, 2.05) is 10.0 Å². The van der Waals surface area contributed by atoms with Crippen LogP contribution in [0.15, 0.2) is 69.2 Å². The highest BCUT2D eigenvalue weighted by atomic mass is 16.6. The maximum absolute atomic E-state index is 10.8. The van der Waals surface area contributed by atoms with Crippen molar-refractivity contribution in [2.45, 2.75) is 38.8 Å². The molecule has 2 heterocycles. The predicted octanol–water partition coefficient (Wildman–Crippen LogP) is 4.87. The Bertz CT molecular complexity index is 1200. The molecule has 0 spiro atoms. The first kappa shape index (κ1) is 26.0. The fourth-order valence-electron chi connectivity index (χ4n) is 4.33. The van der Waals surface area contributed by atoms with Crippen molar-refractivity contribution in [3.8, 4) is 0 Å². The van der Waals surface area contributed by atoms with E-state index in [4.69, 9.17) is 0 Å². The van der Waals surface area contributed by atoms with E-state index in [-0.39, 0.29) is 22.5 Å². The third kappa shape index (κ3) is 6.21. The normalized spacial score (nSPS) is 19.9. The van der Waals surface area contributed by atoms with Crippen LogP contribution in [0.25, 0.3) is 0 Å². The summed E-state index contributed by atoms with van der Waals surface area (Å²) in [5.74, 6) is 0. The van der Waals surface area contributed by atoms with E-state index in [1.54, 1.807) is 24.3 Å². The Kier molecular flexibility index (Phi) is 7.14. The molecule has 14 heteroatoms. The van der Waals surface area contributed by atoms with E-state index < -0.39 is 9.85 Å². The van der Waals surface area contributed by atoms with Crippen LogP contribution in [0.1, 0.15) is 27.7 Å². The first-order chi connectivity index (χ1) is 17.4. The van der Waals surface area contributed by atoms with Gasteiger partial charge in [-0.25, -0.2) is 0 Å². The van der Waals surface area contributed by atoms with Gasteiger partial charge in [-0.05, 0) is 52.0 Å². The molecule has 0 unspecified atom stereocenters. The van der Waals surface area contributed by atoms with Crippen molar-refractivity contribution in [2.75, 3.05) is 33.1 Å². The van der Waals surface area contributed by atoms with Crippen molar-refractivity contribution in [1.82, 2.24) is 19.8 Å². The molecule has 2 aromatic carbocycles. The zero-order chi connectivity index (χ0) is 26.8. The van der Waals surface area contributed by atoms with Gasteiger partial charge in [0.2, 0.25) is 0 Å². The molecule has 0 radical (unpaired) electrons. The monoisotopic (exact) mass is 510 g/mol. The molecule has 0 amide bonds. The van der Waals surface area contributed by atoms with Gasteiger partial charge in [-0.15, -0.1) is 10.2 Å². The SMILES string of the molecule is CC1(C)CN(N=Nc2ccc([N+](=O)[O-])cc2)CN1CN1CN(N=Nc2ccc([N+](=O)[O-])cc2)C(C)(C)C1. The standard InChI is InChI=1S/C23H30N10O4/c1-22(2)14-30(26-24-18-5-9-20(10-6-18)32(34)35)17-29(22)15-28-13-23(3,4)31(16-28)27-25-19-7-11-21(12-8-19)33(36)37/h5-12H,13-17H2,1-4H3. The van der Waals surface area contributed by atoms with E-state index in [2.05, 4.69) is 58.2 Å². The fourth-order valence-corrected chi connectivity index (χ4v) is 4.33. The summed E-state index contributed by atoms with van der Waals surface area (Å²) in [5, 5.41) is 42.8. The van der Waals surface area contributed by atoms with Gasteiger partial charge in [-0.2, -0.15) is 0 Å². The number of rotatable bonds is 8. The molecule has 0 bridgehead atoms. The summed E-state index contributed by atoms with van der Waals surface area (Å²) in [6, 6.07) is 12.0. The first-order valence-corrected chi connectivity index (χ1v) is 11.8. The molecule has 2 fully saturated rings. The summed E-state index contributed by atoms with van der Waals surface area (Å²) in [4.78, 5) is 25.4. The lowest BCUT2D eigenvalue weighted by Gasteiger charge is -2.32. The molecule has 4 rings (SSSR count). The Balaban J connectivity index is 1.35. The minimum atomic E-state index is -0.445. The van der Waals surface area contributed by atoms with Crippen LogP contribution in [0.5, 0.6) is 0 Å². The number of nitrogens with zero attached hydrogens (tertiary/aromatic N) is 10. The van der Waals surface area contributed by atoms with Crippen molar-refractivity contribution in [3.63, 3.8) is 0 Å². The van der Waals surface area contributed by atoms with E-state index >= 15 is 0 Å². The second-order valence-electron chi connectivity index (χ2n) is 10.4. The first-order valence-electron chi connectivity index (χ1n) is 11.8. The highest BCUT2D eigenvalue weighted by Crippen LogP contribution is 2.30. The molecule has 196 valence electrons. The van der Waals surface area contributed by atoms with Crippen LogP contribution in [0, 0.1) is 20.2 Å². The quantitative estimate of drug-likeness (QED) is 0.277. The molecule has 0 aromatic heterocycles. The zero-order valence-electron chi connectivity index (χ0n) is 21.3. The van der Waals surface area contributed by atoms with Crippen molar-refractivity contribution in [2.24, 2.45) is 20.7 Å². The Morgan fingerprint density at radius 3 is 1.78 bits per heavy atom. The Morgan fingerprint density at radius 1 is 0.757 bits per heavy atom. The van der Waals surface area contributed by atoms with Crippen LogP contribution >= 0.6 is 0 Å². The van der Waals surface area contributed by atoms with Crippen molar-refractivity contribution >= 4 is 22.7 Å². The van der Waals surface area contributed by atoms with Crippen molar-refractivity contribution in [3.05, 3.63) is 68.8 Å². The molecule has 0 saturated carbocycles. The topological polar surface area (TPSA) is 149 Å². The van der Waals surface area contributed by atoms with Gasteiger partial charge in [-0.3, -0.25) is 40.0 Å². The van der Waals surface area contributed by atoms with Crippen LogP contribution in [0.2, 0.25) is 0 Å². The van der Waals surface area contributed by atoms with Crippen LogP contribution in [-0.2, 0) is 0 Å². The predicted molar refractivity (Wildman–Crippen MR) is 135 cm³/mol. The smallest absolute Gasteiger partial charge is 0.269 e. The Labute approximate surface area is 214 Å². The second kappa shape index (κ2) is 10.1. The third-order valence-corrected chi connectivity index (χ3v) is 6.45. The highest BCUT2D eigenvalue weighted by Gasteiger charge is 2.42. The Morgan fingerprint density at radius 2 is 1.27 bits per heavy atom. The maximum Gasteiger partial charge on any atom is 0.269 e. The molecule has 2 aliphatic heterocycles. The molecule has 2 saturated heterocycles. The minimum Gasteiger partial charge on any atom is -0.269 e. The number of hydrogen-bond donors (Lipinski definition) is 0. The lowest BCUT2D eigenvalue weighted by atomic mass is 10.1. The molecule has 0 N–H and O–H groups in total. The molecule has 14 nitrogen and oxygen atoms in total. The van der Waals surface area contributed by atoms with Crippen molar-refractivity contribution in [1.29, 1.82) is 0 Å². The van der Waals surface area contributed by atoms with Crippen LogP contribution in [0.3, 0.4) is 0 Å². The molecular weight excluding hydrogens is 480 g/mol. The van der Waals surface area contributed by atoms with Crippen LogP contribution in [-0.4, -0.2) is 73.8 Å². The summed E-state index contributed by atoms with van der Waals surface area (Å²) in [5.41, 5.74) is 0.741. The number of benzene rings is 2. The number of nitro benzene ring substituents is 2. The fraction of sp³-hybridized carbons (Fsp3) is 0.478. The van der Waals surface area contributed by atoms with E-state index in [0.29, 0.717) is 37.9 Å². The maximum atomic E-state index is 10.8. The molecule has 37 heavy (non-hydrogen) atoms.